The lowest BCUT2D eigenvalue weighted by Gasteiger charge is -2.31. The summed E-state index contributed by atoms with van der Waals surface area (Å²) in [5.74, 6) is 0.127. The third kappa shape index (κ3) is 4.94. The molecule has 4 rings (SSSR count). The number of aryl methyl sites for hydroxylation is 1. The first-order valence-electron chi connectivity index (χ1n) is 11.2. The number of rotatable bonds is 7. The van der Waals surface area contributed by atoms with Crippen molar-refractivity contribution >= 4 is 21.7 Å². The molecular formula is C25H30N2O4S. The summed E-state index contributed by atoms with van der Waals surface area (Å²) >= 11 is 0. The number of piperidine rings is 1. The Hall–Kier alpha value is -2.51. The molecule has 32 heavy (non-hydrogen) atoms. The summed E-state index contributed by atoms with van der Waals surface area (Å²) in [5.41, 5.74) is 2.71. The molecule has 1 atom stereocenters. The number of Topliss-reactive ketones (excluding diaryl/α,β-unsaturated/α-hetero) is 1. The van der Waals surface area contributed by atoms with Gasteiger partial charge in [0.25, 0.3) is 0 Å². The molecule has 1 aliphatic carbocycles. The molecule has 1 heterocycles. The fourth-order valence-electron chi connectivity index (χ4n) is 4.33. The van der Waals surface area contributed by atoms with E-state index in [1.165, 1.54) is 28.9 Å². The van der Waals surface area contributed by atoms with E-state index in [0.717, 1.165) is 18.4 Å². The van der Waals surface area contributed by atoms with Gasteiger partial charge in [-0.2, -0.15) is 4.31 Å². The highest BCUT2D eigenvalue weighted by atomic mass is 32.2. The van der Waals surface area contributed by atoms with Crippen molar-refractivity contribution in [1.29, 1.82) is 0 Å². The molecule has 6 nitrogen and oxygen atoms in total. The van der Waals surface area contributed by atoms with Gasteiger partial charge in [-0.15, -0.1) is 0 Å². The molecule has 0 aromatic heterocycles. The van der Waals surface area contributed by atoms with E-state index in [9.17, 15) is 18.0 Å². The Morgan fingerprint density at radius 1 is 1.00 bits per heavy atom. The van der Waals surface area contributed by atoms with Crippen LogP contribution in [0.5, 0.6) is 0 Å². The lowest BCUT2D eigenvalue weighted by molar-refractivity contribution is -0.127. The molecule has 2 aliphatic rings. The zero-order chi connectivity index (χ0) is 22.9. The zero-order valence-electron chi connectivity index (χ0n) is 18.6. The predicted molar refractivity (Wildman–Crippen MR) is 123 cm³/mol. The van der Waals surface area contributed by atoms with Crippen molar-refractivity contribution in [3.63, 3.8) is 0 Å². The minimum atomic E-state index is -3.69. The number of benzene rings is 2. The van der Waals surface area contributed by atoms with Crippen LogP contribution in [-0.4, -0.2) is 37.5 Å². The molecule has 0 bridgehead atoms. The highest BCUT2D eigenvalue weighted by molar-refractivity contribution is 7.89. The van der Waals surface area contributed by atoms with E-state index in [-0.39, 0.29) is 28.5 Å². The smallest absolute Gasteiger partial charge is 0.243 e. The molecule has 170 valence electrons. The summed E-state index contributed by atoms with van der Waals surface area (Å²) in [7, 11) is -3.69. The van der Waals surface area contributed by atoms with Crippen LogP contribution in [0.4, 0.5) is 0 Å². The van der Waals surface area contributed by atoms with Crippen molar-refractivity contribution in [3.05, 3.63) is 65.2 Å². The highest BCUT2D eigenvalue weighted by Gasteiger charge is 2.37. The molecular weight excluding hydrogens is 424 g/mol. The second-order valence-corrected chi connectivity index (χ2v) is 10.9. The zero-order valence-corrected chi connectivity index (χ0v) is 19.4. The molecule has 2 aromatic rings. The minimum absolute atomic E-state index is 0.0121. The number of hydrogen-bond donors (Lipinski definition) is 1. The average Bonchev–Trinajstić information content (AvgIpc) is 3.63. The maximum Gasteiger partial charge on any atom is 0.243 e. The van der Waals surface area contributed by atoms with Crippen LogP contribution in [0.3, 0.4) is 0 Å². The Balaban J connectivity index is 1.39. The molecule has 2 aromatic carbocycles. The summed E-state index contributed by atoms with van der Waals surface area (Å²) in [5, 5.41) is 3.25. The van der Waals surface area contributed by atoms with Gasteiger partial charge in [0, 0.05) is 24.6 Å². The van der Waals surface area contributed by atoms with E-state index in [1.807, 2.05) is 6.92 Å². The summed E-state index contributed by atoms with van der Waals surface area (Å²) < 4.78 is 27.5. The molecule has 1 aliphatic heterocycles. The van der Waals surface area contributed by atoms with E-state index >= 15 is 0 Å². The van der Waals surface area contributed by atoms with Crippen molar-refractivity contribution < 1.29 is 18.0 Å². The maximum atomic E-state index is 13.0. The van der Waals surface area contributed by atoms with E-state index in [0.29, 0.717) is 37.4 Å². The first-order valence-corrected chi connectivity index (χ1v) is 12.7. The van der Waals surface area contributed by atoms with E-state index in [4.69, 9.17) is 0 Å². The van der Waals surface area contributed by atoms with Gasteiger partial charge < -0.3 is 5.32 Å². The summed E-state index contributed by atoms with van der Waals surface area (Å²) in [6.07, 6.45) is 3.22. The fourth-order valence-corrected chi connectivity index (χ4v) is 5.85. The summed E-state index contributed by atoms with van der Waals surface area (Å²) in [6.45, 7) is 4.06. The minimum Gasteiger partial charge on any atom is -0.349 e. The fraction of sp³-hybridized carbons (Fsp3) is 0.440. The van der Waals surface area contributed by atoms with Crippen molar-refractivity contribution in [1.82, 2.24) is 9.62 Å². The highest BCUT2D eigenvalue weighted by Crippen LogP contribution is 2.41. The lowest BCUT2D eigenvalue weighted by atomic mass is 9.95. The summed E-state index contributed by atoms with van der Waals surface area (Å²) in [4.78, 5) is 24.8. The molecule has 1 N–H and O–H groups in total. The molecule has 1 amide bonds. The lowest BCUT2D eigenvalue weighted by Crippen LogP contribution is -2.44. The number of carbonyl (C=O) groups excluding carboxylic acids is 2. The Bertz CT molecular complexity index is 1100. The standard InChI is InChI=1S/C25H30N2O4S/c1-17-6-8-19(9-7-17)24(20-10-11-20)26-25(29)21-12-14-27(15-13-21)32(30,31)23-5-3-4-22(16-23)18(2)28/h3-9,16,20-21,24H,10-15H2,1-2H3,(H,26,29). The Morgan fingerprint density at radius 2 is 1.66 bits per heavy atom. The van der Waals surface area contributed by atoms with Crippen LogP contribution in [0.1, 0.15) is 60.1 Å². The second kappa shape index (κ2) is 9.16. The van der Waals surface area contributed by atoms with Gasteiger partial charge in [0.05, 0.1) is 10.9 Å². The van der Waals surface area contributed by atoms with Gasteiger partial charge in [-0.05, 0) is 63.1 Å². The third-order valence-corrected chi connectivity index (χ3v) is 8.43. The molecule has 1 unspecified atom stereocenters. The number of nitrogens with zero attached hydrogens (tertiary/aromatic N) is 1. The van der Waals surface area contributed by atoms with Gasteiger partial charge in [0.1, 0.15) is 0 Å². The monoisotopic (exact) mass is 454 g/mol. The van der Waals surface area contributed by atoms with Gasteiger partial charge in [-0.25, -0.2) is 8.42 Å². The molecule has 0 spiro atoms. The number of sulfonamides is 1. The van der Waals surface area contributed by atoms with Gasteiger partial charge in [-0.3, -0.25) is 9.59 Å². The first kappa shape index (κ1) is 22.7. The number of nitrogens with one attached hydrogen (secondary N) is 1. The number of ketones is 1. The third-order valence-electron chi connectivity index (χ3n) is 6.53. The number of hydrogen-bond acceptors (Lipinski definition) is 4. The first-order chi connectivity index (χ1) is 15.3. The summed E-state index contributed by atoms with van der Waals surface area (Å²) in [6, 6.07) is 14.5. The normalized spacial score (nSPS) is 18.8. The van der Waals surface area contributed by atoms with Gasteiger partial charge in [0.15, 0.2) is 5.78 Å². The molecule has 7 heteroatoms. The molecule has 1 saturated carbocycles. The van der Waals surface area contributed by atoms with Crippen LogP contribution < -0.4 is 5.32 Å². The van der Waals surface area contributed by atoms with E-state index < -0.39 is 10.0 Å². The van der Waals surface area contributed by atoms with Crippen LogP contribution >= 0.6 is 0 Å². The SMILES string of the molecule is CC(=O)c1cccc(S(=O)(=O)N2CCC(C(=O)NC(c3ccc(C)cc3)C3CC3)CC2)c1. The number of carbonyl (C=O) groups is 2. The predicted octanol–water partition coefficient (Wildman–Crippen LogP) is 3.87. The molecule has 0 radical (unpaired) electrons. The van der Waals surface area contributed by atoms with Crippen LogP contribution in [0, 0.1) is 18.8 Å². The molecule has 1 saturated heterocycles. The Labute approximate surface area is 190 Å². The maximum absolute atomic E-state index is 13.0. The van der Waals surface area contributed by atoms with Crippen LogP contribution in [-0.2, 0) is 14.8 Å². The van der Waals surface area contributed by atoms with Gasteiger partial charge >= 0.3 is 0 Å². The average molecular weight is 455 g/mol. The van der Waals surface area contributed by atoms with Crippen LogP contribution in [0.2, 0.25) is 0 Å². The van der Waals surface area contributed by atoms with Crippen molar-refractivity contribution in [2.75, 3.05) is 13.1 Å². The van der Waals surface area contributed by atoms with Crippen molar-refractivity contribution in [2.45, 2.75) is 50.5 Å². The largest absolute Gasteiger partial charge is 0.349 e. The van der Waals surface area contributed by atoms with Gasteiger partial charge in [0.2, 0.25) is 15.9 Å². The Morgan fingerprint density at radius 3 is 2.25 bits per heavy atom. The molecule has 2 fully saturated rings. The topological polar surface area (TPSA) is 83.6 Å². The quantitative estimate of drug-likeness (QED) is 0.644. The number of amides is 1. The van der Waals surface area contributed by atoms with Crippen LogP contribution in [0.25, 0.3) is 0 Å². The second-order valence-electron chi connectivity index (χ2n) is 9.00. The Kier molecular flexibility index (Phi) is 6.49. The van der Waals surface area contributed by atoms with Gasteiger partial charge in [-0.1, -0.05) is 42.0 Å². The van der Waals surface area contributed by atoms with E-state index in [1.54, 1.807) is 12.1 Å². The van der Waals surface area contributed by atoms with Crippen molar-refractivity contribution in [3.8, 4) is 0 Å². The van der Waals surface area contributed by atoms with Crippen LogP contribution in [0.15, 0.2) is 53.4 Å². The van der Waals surface area contributed by atoms with Crippen molar-refractivity contribution in [2.24, 2.45) is 11.8 Å². The van der Waals surface area contributed by atoms with E-state index in [2.05, 4.69) is 29.6 Å².